The molecule has 1 amide bonds. The lowest BCUT2D eigenvalue weighted by Crippen LogP contribution is -2.42. The monoisotopic (exact) mass is 442 g/mol. The number of nitriles is 1. The fourth-order valence-corrected chi connectivity index (χ4v) is 4.57. The zero-order valence-electron chi connectivity index (χ0n) is 17.5. The van der Waals surface area contributed by atoms with Gasteiger partial charge in [0.1, 0.15) is 21.1 Å². The SMILES string of the molecule is CCNc1cc(N/C=c2/s/c(=C(/C#N)C(=O)N[C@H]3CCC[C@@H]3O)n(CC)c2=O)ccn1. The zero-order chi connectivity index (χ0) is 22.4. The van der Waals surface area contributed by atoms with Gasteiger partial charge in [0.2, 0.25) is 0 Å². The van der Waals surface area contributed by atoms with Gasteiger partial charge in [0.15, 0.2) is 5.57 Å². The molecule has 0 spiro atoms. The molecule has 0 bridgehead atoms. The second kappa shape index (κ2) is 10.2. The van der Waals surface area contributed by atoms with Gasteiger partial charge >= 0.3 is 0 Å². The van der Waals surface area contributed by atoms with Crippen molar-refractivity contribution in [3.05, 3.63) is 37.9 Å². The lowest BCUT2D eigenvalue weighted by atomic mass is 10.2. The Balaban J connectivity index is 1.96. The normalized spacial score (nSPS) is 19.6. The van der Waals surface area contributed by atoms with E-state index in [2.05, 4.69) is 20.9 Å². The van der Waals surface area contributed by atoms with Crippen LogP contribution in [0.3, 0.4) is 0 Å². The number of amides is 1. The minimum Gasteiger partial charge on any atom is -0.391 e. The maximum atomic E-state index is 12.8. The van der Waals surface area contributed by atoms with Gasteiger partial charge in [-0.2, -0.15) is 5.26 Å². The molecule has 3 rings (SSSR count). The standard InChI is InChI=1S/C21H26N6O3S/c1-3-23-18-10-13(8-9-24-18)25-12-17-20(30)27(4-2)21(31-17)14(11-22)19(29)26-15-6-5-7-16(15)28/h8-10,12,15-16,28H,3-7H2,1-2H3,(H,26,29)(H2,23,24,25)/b17-12+,21-14-/t15-,16-/m0/s1. The molecule has 9 nitrogen and oxygen atoms in total. The van der Waals surface area contributed by atoms with E-state index in [0.29, 0.717) is 34.4 Å². The van der Waals surface area contributed by atoms with Crippen LogP contribution >= 0.6 is 11.3 Å². The Labute approximate surface area is 183 Å². The molecule has 0 aliphatic heterocycles. The summed E-state index contributed by atoms with van der Waals surface area (Å²) in [6, 6.07) is 5.16. The average molecular weight is 443 g/mol. The third-order valence-corrected chi connectivity index (χ3v) is 6.19. The van der Waals surface area contributed by atoms with Crippen LogP contribution in [0.4, 0.5) is 11.5 Å². The predicted molar refractivity (Wildman–Crippen MR) is 121 cm³/mol. The maximum Gasteiger partial charge on any atom is 0.270 e. The fourth-order valence-electron chi connectivity index (χ4n) is 3.48. The van der Waals surface area contributed by atoms with Gasteiger partial charge in [-0.15, -0.1) is 11.3 Å². The third-order valence-electron chi connectivity index (χ3n) is 5.06. The van der Waals surface area contributed by atoms with E-state index in [1.165, 1.54) is 4.57 Å². The molecule has 0 radical (unpaired) electrons. The van der Waals surface area contributed by atoms with Crippen molar-refractivity contribution in [3.63, 3.8) is 0 Å². The van der Waals surface area contributed by atoms with E-state index in [4.69, 9.17) is 0 Å². The quantitative estimate of drug-likeness (QED) is 0.485. The second-order valence-corrected chi connectivity index (χ2v) is 8.17. The van der Waals surface area contributed by atoms with Gasteiger partial charge in [0, 0.05) is 37.2 Å². The number of thiazole rings is 1. The highest BCUT2D eigenvalue weighted by Gasteiger charge is 2.28. The number of rotatable bonds is 7. The summed E-state index contributed by atoms with van der Waals surface area (Å²) in [5, 5.41) is 28.5. The molecular weight excluding hydrogens is 416 g/mol. The second-order valence-electron chi connectivity index (χ2n) is 7.13. The molecule has 10 heteroatoms. The van der Waals surface area contributed by atoms with E-state index in [1.54, 1.807) is 25.4 Å². The Morgan fingerprint density at radius 1 is 1.45 bits per heavy atom. The third kappa shape index (κ3) is 5.13. The molecule has 1 fully saturated rings. The minimum absolute atomic E-state index is 0.124. The number of hydrogen-bond donors (Lipinski definition) is 4. The molecule has 0 unspecified atom stereocenters. The van der Waals surface area contributed by atoms with Crippen LogP contribution < -0.4 is 30.7 Å². The topological polar surface area (TPSA) is 132 Å². The van der Waals surface area contributed by atoms with Crippen molar-refractivity contribution < 1.29 is 9.90 Å². The summed E-state index contributed by atoms with van der Waals surface area (Å²) in [6.07, 6.45) is 4.73. The van der Waals surface area contributed by atoms with Crippen molar-refractivity contribution in [3.8, 4) is 6.07 Å². The van der Waals surface area contributed by atoms with E-state index in [-0.39, 0.29) is 17.2 Å². The van der Waals surface area contributed by atoms with Gasteiger partial charge in [-0.25, -0.2) is 4.98 Å². The Hall–Kier alpha value is -3.16. The largest absolute Gasteiger partial charge is 0.391 e. The summed E-state index contributed by atoms with van der Waals surface area (Å²) in [5.74, 6) is 0.144. The number of pyridine rings is 1. The van der Waals surface area contributed by atoms with E-state index < -0.39 is 12.0 Å². The molecule has 31 heavy (non-hydrogen) atoms. The number of aliphatic hydroxyl groups is 1. The Morgan fingerprint density at radius 3 is 2.90 bits per heavy atom. The maximum absolute atomic E-state index is 12.8. The van der Waals surface area contributed by atoms with Crippen LogP contribution in [0.2, 0.25) is 0 Å². The van der Waals surface area contributed by atoms with Gasteiger partial charge in [-0.3, -0.25) is 14.2 Å². The van der Waals surface area contributed by atoms with E-state index in [9.17, 15) is 20.0 Å². The van der Waals surface area contributed by atoms with Gasteiger partial charge in [0.25, 0.3) is 11.5 Å². The highest BCUT2D eigenvalue weighted by atomic mass is 32.1. The van der Waals surface area contributed by atoms with Crippen molar-refractivity contribution in [2.45, 2.75) is 51.8 Å². The first kappa shape index (κ1) is 22.5. The first-order valence-corrected chi connectivity index (χ1v) is 11.1. The van der Waals surface area contributed by atoms with Gasteiger partial charge in [-0.1, -0.05) is 0 Å². The zero-order valence-corrected chi connectivity index (χ0v) is 18.3. The van der Waals surface area contributed by atoms with E-state index in [0.717, 1.165) is 30.0 Å². The summed E-state index contributed by atoms with van der Waals surface area (Å²) >= 11 is 1.08. The van der Waals surface area contributed by atoms with Crippen molar-refractivity contribution in [1.29, 1.82) is 5.26 Å². The molecular formula is C21H26N6O3S. The number of anilines is 2. The molecule has 2 atom stereocenters. The summed E-state index contributed by atoms with van der Waals surface area (Å²) in [4.78, 5) is 29.8. The van der Waals surface area contributed by atoms with Crippen LogP contribution in [0.15, 0.2) is 23.1 Å². The molecule has 1 aliphatic rings. The fraction of sp³-hybridized carbons (Fsp3) is 0.429. The molecule has 2 aromatic rings. The van der Waals surface area contributed by atoms with Crippen LogP contribution in [0, 0.1) is 11.3 Å². The highest BCUT2D eigenvalue weighted by Crippen LogP contribution is 2.19. The molecule has 0 aromatic carbocycles. The summed E-state index contributed by atoms with van der Waals surface area (Å²) in [6.45, 7) is 4.82. The summed E-state index contributed by atoms with van der Waals surface area (Å²) in [7, 11) is 0. The number of carbonyl (C=O) groups excluding carboxylic acids is 1. The van der Waals surface area contributed by atoms with Crippen LogP contribution in [-0.4, -0.2) is 39.3 Å². The molecule has 1 aliphatic carbocycles. The Bertz CT molecular complexity index is 1160. The number of aromatic nitrogens is 2. The summed E-state index contributed by atoms with van der Waals surface area (Å²) in [5.41, 5.74) is 0.347. The average Bonchev–Trinajstić information content (AvgIpc) is 3.30. The Kier molecular flexibility index (Phi) is 7.44. The smallest absolute Gasteiger partial charge is 0.270 e. The number of hydrogen-bond acceptors (Lipinski definition) is 8. The van der Waals surface area contributed by atoms with Crippen molar-refractivity contribution in [2.24, 2.45) is 0 Å². The molecule has 2 heterocycles. The van der Waals surface area contributed by atoms with Crippen LogP contribution in [0.25, 0.3) is 11.8 Å². The van der Waals surface area contributed by atoms with E-state index in [1.807, 2.05) is 19.1 Å². The van der Waals surface area contributed by atoms with Gasteiger partial charge in [-0.05, 0) is 39.2 Å². The lowest BCUT2D eigenvalue weighted by Gasteiger charge is -2.15. The van der Waals surface area contributed by atoms with Crippen molar-refractivity contribution in [2.75, 3.05) is 17.2 Å². The first-order chi connectivity index (χ1) is 15.0. The van der Waals surface area contributed by atoms with Crippen molar-refractivity contribution in [1.82, 2.24) is 14.9 Å². The number of aliphatic hydroxyl groups excluding tert-OH is 1. The lowest BCUT2D eigenvalue weighted by molar-refractivity contribution is -0.116. The highest BCUT2D eigenvalue weighted by molar-refractivity contribution is 7.07. The molecule has 4 N–H and O–H groups in total. The minimum atomic E-state index is -0.610. The molecule has 1 saturated carbocycles. The molecule has 164 valence electrons. The first-order valence-electron chi connectivity index (χ1n) is 10.3. The molecule has 2 aromatic heterocycles. The van der Waals surface area contributed by atoms with Gasteiger partial charge in [0.05, 0.1) is 12.1 Å². The van der Waals surface area contributed by atoms with Crippen LogP contribution in [0.1, 0.15) is 33.1 Å². The van der Waals surface area contributed by atoms with E-state index >= 15 is 0 Å². The van der Waals surface area contributed by atoms with Crippen LogP contribution in [-0.2, 0) is 11.3 Å². The predicted octanol–water partition coefficient (Wildman–Crippen LogP) is 0.310. The number of nitrogens with one attached hydrogen (secondary N) is 3. The number of nitrogens with zero attached hydrogens (tertiary/aromatic N) is 3. The van der Waals surface area contributed by atoms with Gasteiger partial charge < -0.3 is 21.1 Å². The molecule has 0 saturated heterocycles. The van der Waals surface area contributed by atoms with Crippen LogP contribution in [0.5, 0.6) is 0 Å². The summed E-state index contributed by atoms with van der Waals surface area (Å²) < 4.78 is 2.09. The Morgan fingerprint density at radius 2 is 2.26 bits per heavy atom. The number of carbonyl (C=O) groups is 1. The van der Waals surface area contributed by atoms with Crippen molar-refractivity contribution >= 4 is 40.5 Å².